The largest absolute Gasteiger partial charge is 0.492 e. The van der Waals surface area contributed by atoms with Gasteiger partial charge in [0.2, 0.25) is 0 Å². The Morgan fingerprint density at radius 1 is 1.10 bits per heavy atom. The van der Waals surface area contributed by atoms with Gasteiger partial charge in [-0.05, 0) is 20.3 Å². The van der Waals surface area contributed by atoms with Crippen LogP contribution in [0.1, 0.15) is 27.2 Å². The van der Waals surface area contributed by atoms with E-state index in [9.17, 15) is 9.59 Å². The molecule has 1 aromatic rings. The Hall–Kier alpha value is -2.74. The molecule has 0 spiro atoms. The first-order chi connectivity index (χ1) is 14.1. The highest BCUT2D eigenvalue weighted by atomic mass is 16.5. The summed E-state index contributed by atoms with van der Waals surface area (Å²) in [6.07, 6.45) is 3.70. The molecule has 1 aliphatic heterocycles. The van der Waals surface area contributed by atoms with Crippen molar-refractivity contribution in [2.75, 3.05) is 56.3 Å². The maximum absolute atomic E-state index is 12.3. The Labute approximate surface area is 171 Å². The lowest BCUT2D eigenvalue weighted by molar-refractivity contribution is -0.142. The maximum atomic E-state index is 12.3. The SMILES string of the molecule is CC/C=C/C(=O)OCC(=O)Nc1cc(OCC)c(N2CCOCC2)cc1OCC. The van der Waals surface area contributed by atoms with Gasteiger partial charge in [0.15, 0.2) is 6.61 Å². The molecule has 2 rings (SSSR count). The average Bonchev–Trinajstić information content (AvgIpc) is 2.73. The van der Waals surface area contributed by atoms with Crippen LogP contribution in [0.25, 0.3) is 0 Å². The summed E-state index contributed by atoms with van der Waals surface area (Å²) >= 11 is 0. The summed E-state index contributed by atoms with van der Waals surface area (Å²) in [5.41, 5.74) is 1.37. The van der Waals surface area contributed by atoms with Crippen LogP contribution in [-0.2, 0) is 19.1 Å². The molecule has 0 unspecified atom stereocenters. The number of morpholine rings is 1. The molecule has 0 radical (unpaired) electrons. The van der Waals surface area contributed by atoms with Crippen molar-refractivity contribution < 1.29 is 28.5 Å². The Morgan fingerprint density at radius 3 is 2.45 bits per heavy atom. The number of rotatable bonds is 10. The molecule has 1 saturated heterocycles. The average molecular weight is 406 g/mol. The van der Waals surface area contributed by atoms with E-state index in [0.29, 0.717) is 50.0 Å². The number of hydrogen-bond donors (Lipinski definition) is 1. The number of hydrogen-bond acceptors (Lipinski definition) is 7. The number of ether oxygens (including phenoxy) is 4. The number of nitrogens with zero attached hydrogens (tertiary/aromatic N) is 1. The standard InChI is InChI=1S/C21H30N2O6/c1-4-7-8-21(25)29-15-20(24)22-16-13-19(28-6-3)17(14-18(16)27-5-2)23-9-11-26-12-10-23/h7-8,13-14H,4-6,9-12,15H2,1-3H3,(H,22,24)/b8-7+. The minimum atomic E-state index is -0.551. The summed E-state index contributed by atoms with van der Waals surface area (Å²) in [7, 11) is 0. The molecule has 0 aromatic heterocycles. The number of benzene rings is 1. The number of carbonyl (C=O) groups is 2. The lowest BCUT2D eigenvalue weighted by Gasteiger charge is -2.31. The van der Waals surface area contributed by atoms with Crippen LogP contribution in [-0.4, -0.2) is 58.0 Å². The van der Waals surface area contributed by atoms with Crippen molar-refractivity contribution in [3.63, 3.8) is 0 Å². The summed E-state index contributed by atoms with van der Waals surface area (Å²) in [5, 5.41) is 2.75. The van der Waals surface area contributed by atoms with E-state index in [1.54, 1.807) is 12.1 Å². The van der Waals surface area contributed by atoms with Gasteiger partial charge in [0.25, 0.3) is 5.91 Å². The van der Waals surface area contributed by atoms with Gasteiger partial charge < -0.3 is 29.2 Å². The molecule has 1 N–H and O–H groups in total. The molecule has 1 aromatic carbocycles. The van der Waals surface area contributed by atoms with Gasteiger partial charge in [-0.3, -0.25) is 4.79 Å². The van der Waals surface area contributed by atoms with E-state index in [2.05, 4.69) is 10.2 Å². The summed E-state index contributed by atoms with van der Waals surface area (Å²) < 4.78 is 21.9. The van der Waals surface area contributed by atoms with Gasteiger partial charge in [-0.25, -0.2) is 4.79 Å². The molecule has 29 heavy (non-hydrogen) atoms. The van der Waals surface area contributed by atoms with Gasteiger partial charge in [0, 0.05) is 31.3 Å². The highest BCUT2D eigenvalue weighted by molar-refractivity contribution is 5.95. The Bertz CT molecular complexity index is 713. The van der Waals surface area contributed by atoms with Gasteiger partial charge in [0.05, 0.1) is 37.8 Å². The lowest BCUT2D eigenvalue weighted by atomic mass is 10.2. The van der Waals surface area contributed by atoms with Gasteiger partial charge >= 0.3 is 5.97 Å². The van der Waals surface area contributed by atoms with E-state index in [1.807, 2.05) is 26.8 Å². The highest BCUT2D eigenvalue weighted by Crippen LogP contribution is 2.39. The smallest absolute Gasteiger partial charge is 0.330 e. The fraction of sp³-hybridized carbons (Fsp3) is 0.524. The lowest BCUT2D eigenvalue weighted by Crippen LogP contribution is -2.36. The minimum absolute atomic E-state index is 0.381. The van der Waals surface area contributed by atoms with Crippen LogP contribution < -0.4 is 19.7 Å². The first-order valence-electron chi connectivity index (χ1n) is 9.98. The molecule has 1 heterocycles. The molecule has 1 fully saturated rings. The van der Waals surface area contributed by atoms with E-state index in [0.717, 1.165) is 18.8 Å². The third-order valence-electron chi connectivity index (χ3n) is 4.12. The molecule has 160 valence electrons. The summed E-state index contributed by atoms with van der Waals surface area (Å²) in [5.74, 6) is 0.175. The molecular weight excluding hydrogens is 376 g/mol. The zero-order valence-electron chi connectivity index (χ0n) is 17.4. The van der Waals surface area contributed by atoms with E-state index in [1.165, 1.54) is 6.08 Å². The van der Waals surface area contributed by atoms with Crippen LogP contribution in [0.5, 0.6) is 11.5 Å². The Kier molecular flexibility index (Phi) is 9.30. The Morgan fingerprint density at radius 2 is 1.79 bits per heavy atom. The number of anilines is 2. The second kappa shape index (κ2) is 12.0. The monoisotopic (exact) mass is 406 g/mol. The van der Waals surface area contributed by atoms with Crippen molar-refractivity contribution in [1.29, 1.82) is 0 Å². The van der Waals surface area contributed by atoms with E-state index in [4.69, 9.17) is 18.9 Å². The van der Waals surface area contributed by atoms with Crippen LogP contribution in [0, 0.1) is 0 Å². The van der Waals surface area contributed by atoms with Crippen molar-refractivity contribution >= 4 is 23.3 Å². The van der Waals surface area contributed by atoms with Crippen molar-refractivity contribution in [3.05, 3.63) is 24.3 Å². The molecule has 0 aliphatic carbocycles. The zero-order valence-corrected chi connectivity index (χ0v) is 17.4. The quantitative estimate of drug-likeness (QED) is 0.472. The number of carbonyl (C=O) groups excluding carboxylic acids is 2. The molecule has 0 saturated carbocycles. The van der Waals surface area contributed by atoms with Gasteiger partial charge in [0.1, 0.15) is 11.5 Å². The van der Waals surface area contributed by atoms with Gasteiger partial charge in [-0.2, -0.15) is 0 Å². The predicted octanol–water partition coefficient (Wildman–Crippen LogP) is 2.77. The van der Waals surface area contributed by atoms with Gasteiger partial charge in [-0.15, -0.1) is 0 Å². The summed E-state index contributed by atoms with van der Waals surface area (Å²) in [6.45, 7) is 9.01. The van der Waals surface area contributed by atoms with Crippen LogP contribution >= 0.6 is 0 Å². The van der Waals surface area contributed by atoms with Gasteiger partial charge in [-0.1, -0.05) is 13.0 Å². The Balaban J connectivity index is 2.18. The topological polar surface area (TPSA) is 86.3 Å². The van der Waals surface area contributed by atoms with Crippen molar-refractivity contribution in [3.8, 4) is 11.5 Å². The second-order valence-corrected chi connectivity index (χ2v) is 6.25. The molecule has 1 amide bonds. The number of amides is 1. The summed E-state index contributed by atoms with van der Waals surface area (Å²) in [4.78, 5) is 26.0. The maximum Gasteiger partial charge on any atom is 0.330 e. The van der Waals surface area contributed by atoms with Crippen molar-refractivity contribution in [2.45, 2.75) is 27.2 Å². The van der Waals surface area contributed by atoms with Crippen LogP contribution in [0.3, 0.4) is 0 Å². The van der Waals surface area contributed by atoms with Crippen molar-refractivity contribution in [1.82, 2.24) is 0 Å². The first kappa shape index (κ1) is 22.5. The van der Waals surface area contributed by atoms with Crippen molar-refractivity contribution in [2.24, 2.45) is 0 Å². The fourth-order valence-corrected chi connectivity index (χ4v) is 2.83. The fourth-order valence-electron chi connectivity index (χ4n) is 2.83. The molecule has 1 aliphatic rings. The third-order valence-corrected chi connectivity index (χ3v) is 4.12. The number of esters is 1. The molecule has 0 atom stereocenters. The van der Waals surface area contributed by atoms with Crippen LogP contribution in [0.2, 0.25) is 0 Å². The molecule has 0 bridgehead atoms. The molecule has 8 nitrogen and oxygen atoms in total. The molecular formula is C21H30N2O6. The minimum Gasteiger partial charge on any atom is -0.492 e. The van der Waals surface area contributed by atoms with Crippen LogP contribution in [0.15, 0.2) is 24.3 Å². The number of nitrogens with one attached hydrogen (secondary N) is 1. The third kappa shape index (κ3) is 6.98. The highest BCUT2D eigenvalue weighted by Gasteiger charge is 2.20. The van der Waals surface area contributed by atoms with E-state index in [-0.39, 0.29) is 6.61 Å². The van der Waals surface area contributed by atoms with E-state index >= 15 is 0 Å². The molecule has 8 heteroatoms. The second-order valence-electron chi connectivity index (χ2n) is 6.25. The normalized spacial score (nSPS) is 14.0. The first-order valence-corrected chi connectivity index (χ1v) is 9.98. The summed E-state index contributed by atoms with van der Waals surface area (Å²) in [6, 6.07) is 3.61. The number of allylic oxidation sites excluding steroid dienone is 1. The predicted molar refractivity (Wildman–Crippen MR) is 111 cm³/mol. The zero-order chi connectivity index (χ0) is 21.1. The van der Waals surface area contributed by atoms with E-state index < -0.39 is 11.9 Å². The van der Waals surface area contributed by atoms with Crippen LogP contribution in [0.4, 0.5) is 11.4 Å².